The highest BCUT2D eigenvalue weighted by atomic mass is 16.3. The number of carbonyl (C=O) groups is 3. The molecule has 0 saturated carbocycles. The topological polar surface area (TPSA) is 113 Å². The highest BCUT2D eigenvalue weighted by Crippen LogP contribution is 2.41. The Morgan fingerprint density at radius 2 is 1.26 bits per heavy atom. The number of unbranched alkanes of at least 4 members (excludes halogenated alkanes) is 4. The van der Waals surface area contributed by atoms with E-state index in [1.54, 1.807) is 12.2 Å². The largest absolute Gasteiger partial charge is 0.536 e. The summed E-state index contributed by atoms with van der Waals surface area (Å²) >= 11 is 0. The van der Waals surface area contributed by atoms with E-state index in [1.165, 1.54) is 4.90 Å². The van der Waals surface area contributed by atoms with E-state index in [9.17, 15) is 24.0 Å². The molecule has 3 saturated heterocycles. The predicted octanol–water partition coefficient (Wildman–Crippen LogP) is 4.74. The zero-order valence-corrected chi connectivity index (χ0v) is 20.2. The second kappa shape index (κ2) is 11.8. The fraction of sp³-hybridized carbons (Fsp3) is 0.792. The molecule has 0 aromatic heterocycles. The monoisotopic (exact) mass is 475 g/mol. The van der Waals surface area contributed by atoms with Crippen molar-refractivity contribution in [3.05, 3.63) is 0 Å². The number of rotatable bonds is 8. The van der Waals surface area contributed by atoms with E-state index in [1.807, 2.05) is 0 Å². The Bertz CT molecular complexity index is 819. The van der Waals surface area contributed by atoms with Crippen molar-refractivity contribution in [2.45, 2.75) is 103 Å². The lowest BCUT2D eigenvalue weighted by Crippen LogP contribution is -2.83. The van der Waals surface area contributed by atoms with Crippen LogP contribution in [-0.2, 0) is 9.59 Å². The Morgan fingerprint density at radius 1 is 0.765 bits per heavy atom. The van der Waals surface area contributed by atoms with Crippen molar-refractivity contribution in [3.63, 3.8) is 0 Å². The van der Waals surface area contributed by atoms with Crippen molar-refractivity contribution in [1.29, 1.82) is 0 Å². The number of nitrogens with zero attached hydrogens (tertiary/aromatic N) is 5. The molecule has 0 bridgehead atoms. The van der Waals surface area contributed by atoms with Crippen molar-refractivity contribution in [3.8, 4) is 0 Å². The fourth-order valence-corrected chi connectivity index (χ4v) is 5.87. The Hall–Kier alpha value is -2.51. The number of imide groups is 3. The average molecular weight is 476 g/mol. The highest BCUT2D eigenvalue weighted by Gasteiger charge is 2.74. The van der Waals surface area contributed by atoms with Gasteiger partial charge in [-0.05, 0) is 44.9 Å². The van der Waals surface area contributed by atoms with Crippen LogP contribution in [0.15, 0.2) is 9.98 Å². The van der Waals surface area contributed by atoms with Crippen LogP contribution in [0.4, 0.5) is 14.4 Å². The maximum atomic E-state index is 14.4. The third-order valence-corrected chi connectivity index (χ3v) is 7.68. The number of carbonyl (C=O) groups excluding carboxylic acids is 5. The quantitative estimate of drug-likeness (QED) is 0.218. The molecule has 3 aliphatic heterocycles. The average Bonchev–Trinajstić information content (AvgIpc) is 3.17. The van der Waals surface area contributed by atoms with Gasteiger partial charge in [0.25, 0.3) is 0 Å². The number of isocyanates is 2. The van der Waals surface area contributed by atoms with Gasteiger partial charge in [-0.25, -0.2) is 19.2 Å². The zero-order valence-electron chi connectivity index (χ0n) is 20.2. The second-order valence-electron chi connectivity index (χ2n) is 9.70. The van der Waals surface area contributed by atoms with E-state index in [0.717, 1.165) is 51.4 Å². The summed E-state index contributed by atoms with van der Waals surface area (Å²) in [5.74, 6) is 0. The first-order chi connectivity index (χ1) is 16.5. The van der Waals surface area contributed by atoms with Crippen molar-refractivity contribution >= 4 is 30.3 Å². The molecule has 3 fully saturated rings. The minimum Gasteiger partial charge on any atom is -0.211 e. The maximum absolute atomic E-state index is 14.4. The number of hydrogen-bond donors (Lipinski definition) is 0. The van der Waals surface area contributed by atoms with Gasteiger partial charge in [0, 0.05) is 19.4 Å². The molecule has 4 atom stereocenters. The van der Waals surface area contributed by atoms with Crippen LogP contribution in [0.2, 0.25) is 0 Å². The van der Waals surface area contributed by atoms with Gasteiger partial charge in [-0.1, -0.05) is 32.6 Å². The molecule has 0 N–H and O–H groups in total. The summed E-state index contributed by atoms with van der Waals surface area (Å²) < 4.78 is -1.39. The van der Waals surface area contributed by atoms with E-state index in [-0.39, 0.29) is 19.6 Å². The van der Waals surface area contributed by atoms with Crippen molar-refractivity contribution in [1.82, 2.24) is 4.90 Å². The number of urea groups is 3. The van der Waals surface area contributed by atoms with Gasteiger partial charge in [-0.2, -0.15) is 9.69 Å². The molecular formula is C24H37N5O5+2. The van der Waals surface area contributed by atoms with Crippen LogP contribution in [-0.4, -0.2) is 76.1 Å². The molecule has 10 heteroatoms. The lowest BCUT2D eigenvalue weighted by Gasteiger charge is -2.48. The minimum atomic E-state index is -0.921. The molecule has 186 valence electrons. The molecule has 0 radical (unpaired) electrons. The summed E-state index contributed by atoms with van der Waals surface area (Å²) in [5.41, 5.74) is 0. The Morgan fingerprint density at radius 3 is 1.74 bits per heavy atom. The summed E-state index contributed by atoms with van der Waals surface area (Å²) in [6, 6.07) is -1.80. The van der Waals surface area contributed by atoms with Gasteiger partial charge in [0.05, 0.1) is 0 Å². The van der Waals surface area contributed by atoms with Crippen LogP contribution in [0.25, 0.3) is 0 Å². The molecule has 34 heavy (non-hydrogen) atoms. The fourth-order valence-electron chi connectivity index (χ4n) is 5.87. The standard InChI is InChI=1S/C24H37N5O5/c1-2-3-4-5-10-15-27-22(32)28(16-11-6-8-13-20(28)25-18-30)24(34)29(23(27)33)17-12-7-9-14-21(29)26-19-31/h20-21H,2-17H2,1H3/q+2. The van der Waals surface area contributed by atoms with Gasteiger partial charge in [0.15, 0.2) is 0 Å². The third-order valence-electron chi connectivity index (χ3n) is 7.68. The highest BCUT2D eigenvalue weighted by molar-refractivity contribution is 5.99. The molecule has 0 aliphatic carbocycles. The van der Waals surface area contributed by atoms with Gasteiger partial charge in [-0.15, -0.1) is 19.0 Å². The maximum Gasteiger partial charge on any atom is 0.536 e. The second-order valence-corrected chi connectivity index (χ2v) is 9.70. The molecule has 0 aromatic carbocycles. The lowest BCUT2D eigenvalue weighted by molar-refractivity contribution is -0.932. The van der Waals surface area contributed by atoms with Crippen molar-refractivity contribution < 1.29 is 32.9 Å². The number of amides is 6. The van der Waals surface area contributed by atoms with Crippen molar-refractivity contribution in [2.75, 3.05) is 19.6 Å². The normalized spacial score (nSPS) is 32.1. The SMILES string of the molecule is CCCCCCCN1C(=O)[N+]2(CCCCCC2N=C=O)C(=O)[N+]2(CCCCCC2N=C=O)C1=O. The summed E-state index contributed by atoms with van der Waals surface area (Å²) in [4.78, 5) is 74.3. The summed E-state index contributed by atoms with van der Waals surface area (Å²) in [7, 11) is 0. The van der Waals surface area contributed by atoms with Gasteiger partial charge in [0.2, 0.25) is 24.5 Å². The third kappa shape index (κ3) is 4.56. The van der Waals surface area contributed by atoms with E-state index in [0.29, 0.717) is 32.1 Å². The van der Waals surface area contributed by atoms with Crippen LogP contribution in [0.3, 0.4) is 0 Å². The first-order valence-electron chi connectivity index (χ1n) is 12.8. The first kappa shape index (κ1) is 26.1. The summed E-state index contributed by atoms with van der Waals surface area (Å²) in [6.45, 7) is 2.66. The molecule has 2 spiro atoms. The van der Waals surface area contributed by atoms with Gasteiger partial charge in [0.1, 0.15) is 13.1 Å². The molecule has 3 heterocycles. The van der Waals surface area contributed by atoms with Crippen LogP contribution < -0.4 is 0 Å². The summed E-state index contributed by atoms with van der Waals surface area (Å²) in [6.07, 6.45) is 10.9. The van der Waals surface area contributed by atoms with E-state index >= 15 is 0 Å². The predicted molar refractivity (Wildman–Crippen MR) is 123 cm³/mol. The van der Waals surface area contributed by atoms with Crippen LogP contribution >= 0.6 is 0 Å². The van der Waals surface area contributed by atoms with E-state index < -0.39 is 39.4 Å². The van der Waals surface area contributed by atoms with Gasteiger partial charge in [-0.3, -0.25) is 0 Å². The molecule has 10 nitrogen and oxygen atoms in total. The molecule has 0 aromatic rings. The van der Waals surface area contributed by atoms with Crippen LogP contribution in [0.5, 0.6) is 0 Å². The summed E-state index contributed by atoms with van der Waals surface area (Å²) in [5, 5.41) is 0. The molecular weight excluding hydrogens is 438 g/mol. The van der Waals surface area contributed by atoms with Gasteiger partial charge >= 0.3 is 18.1 Å². The molecule has 3 aliphatic rings. The lowest BCUT2D eigenvalue weighted by atomic mass is 10.1. The smallest absolute Gasteiger partial charge is 0.211 e. The van der Waals surface area contributed by atoms with Crippen LogP contribution in [0, 0.1) is 0 Å². The first-order valence-corrected chi connectivity index (χ1v) is 12.8. The number of quaternary nitrogens is 2. The van der Waals surface area contributed by atoms with E-state index in [4.69, 9.17) is 0 Å². The van der Waals surface area contributed by atoms with Crippen molar-refractivity contribution in [2.24, 2.45) is 9.98 Å². The molecule has 3 rings (SSSR count). The molecule has 6 amide bonds. The Labute approximate surface area is 200 Å². The minimum absolute atomic E-state index is 0.171. The Kier molecular flexibility index (Phi) is 9.03. The number of hydrogen-bond acceptors (Lipinski definition) is 7. The zero-order chi connectivity index (χ0) is 24.6. The van der Waals surface area contributed by atoms with E-state index in [2.05, 4.69) is 16.9 Å². The van der Waals surface area contributed by atoms with Crippen LogP contribution in [0.1, 0.15) is 90.4 Å². The number of aliphatic imine (C=N–C) groups is 2. The van der Waals surface area contributed by atoms with Gasteiger partial charge < -0.3 is 0 Å². The molecule has 4 unspecified atom stereocenters. The Balaban J connectivity index is 2.14.